The molecule has 0 amide bonds. The Bertz CT molecular complexity index is 1190. The molecule has 1 heterocycles. The van der Waals surface area contributed by atoms with Crippen LogP contribution in [0.4, 0.5) is 11.4 Å². The van der Waals surface area contributed by atoms with Crippen LogP contribution >= 0.6 is 23.2 Å². The smallest absolute Gasteiger partial charge is 0.165 e. The molecule has 0 N–H and O–H groups in total. The number of hydrogen-bond donors (Lipinski definition) is 0. The summed E-state index contributed by atoms with van der Waals surface area (Å²) in [7, 11) is 1.63. The van der Waals surface area contributed by atoms with E-state index in [-0.39, 0.29) is 0 Å². The molecule has 3 aromatic carbocycles. The van der Waals surface area contributed by atoms with Crippen LogP contribution < -0.4 is 14.4 Å². The Labute approximate surface area is 216 Å². The number of methoxy groups -OCH3 is 1. The number of aliphatic imine (C=N–C) groups is 1. The average Bonchev–Trinajstić information content (AvgIpc) is 2.89. The number of hydrogen-bond acceptors (Lipinski definition) is 5. The topological polar surface area (TPSA) is 43.3 Å². The fraction of sp³-hybridized carbons (Fsp3) is 0.250. The van der Waals surface area contributed by atoms with Crippen LogP contribution in [0.15, 0.2) is 72.2 Å². The lowest BCUT2D eigenvalue weighted by atomic mass is 10.1. The molecule has 3 aromatic rings. The lowest BCUT2D eigenvalue weighted by Crippen LogP contribution is -2.36. The molecule has 7 heteroatoms. The van der Waals surface area contributed by atoms with Crippen molar-refractivity contribution >= 4 is 40.8 Å². The molecule has 0 spiro atoms. The molecule has 0 bridgehead atoms. The van der Waals surface area contributed by atoms with Gasteiger partial charge in [-0.3, -0.25) is 4.99 Å². The molecule has 0 radical (unpaired) electrons. The van der Waals surface area contributed by atoms with Crippen molar-refractivity contribution in [1.82, 2.24) is 0 Å². The summed E-state index contributed by atoms with van der Waals surface area (Å²) in [5.41, 5.74) is 4.86. The van der Waals surface area contributed by atoms with E-state index in [0.717, 1.165) is 48.7 Å². The Hall–Kier alpha value is -2.99. The fourth-order valence-electron chi connectivity index (χ4n) is 3.89. The summed E-state index contributed by atoms with van der Waals surface area (Å²) in [4.78, 5) is 6.98. The van der Waals surface area contributed by atoms with E-state index in [1.807, 2.05) is 42.6 Å². The third-order valence-electron chi connectivity index (χ3n) is 5.69. The zero-order valence-electron chi connectivity index (χ0n) is 19.7. The van der Waals surface area contributed by atoms with Crippen molar-refractivity contribution in [2.75, 3.05) is 38.3 Å². The van der Waals surface area contributed by atoms with Gasteiger partial charge in [-0.1, -0.05) is 35.3 Å². The third kappa shape index (κ3) is 6.57. The molecule has 5 nitrogen and oxygen atoms in total. The minimum absolute atomic E-state index is 0.334. The lowest BCUT2D eigenvalue weighted by Gasteiger charge is -2.28. The van der Waals surface area contributed by atoms with Crippen molar-refractivity contribution in [3.8, 4) is 11.5 Å². The van der Waals surface area contributed by atoms with Gasteiger partial charge in [0.25, 0.3) is 0 Å². The Morgan fingerprint density at radius 2 is 1.80 bits per heavy atom. The van der Waals surface area contributed by atoms with Gasteiger partial charge >= 0.3 is 0 Å². The van der Waals surface area contributed by atoms with Gasteiger partial charge in [0, 0.05) is 30.6 Å². The van der Waals surface area contributed by atoms with Crippen LogP contribution in [-0.2, 0) is 17.8 Å². The maximum absolute atomic E-state index is 6.15. The Morgan fingerprint density at radius 3 is 2.49 bits per heavy atom. The molecule has 1 aliphatic rings. The highest BCUT2D eigenvalue weighted by atomic mass is 35.5. The van der Waals surface area contributed by atoms with Crippen LogP contribution in [0.25, 0.3) is 0 Å². The van der Waals surface area contributed by atoms with Crippen LogP contribution in [0.2, 0.25) is 10.0 Å². The highest BCUT2D eigenvalue weighted by molar-refractivity contribution is 6.42. The van der Waals surface area contributed by atoms with Gasteiger partial charge < -0.3 is 19.1 Å². The van der Waals surface area contributed by atoms with E-state index in [0.29, 0.717) is 34.6 Å². The van der Waals surface area contributed by atoms with E-state index in [9.17, 15) is 0 Å². The molecule has 1 fully saturated rings. The lowest BCUT2D eigenvalue weighted by molar-refractivity contribution is 0.122. The zero-order valence-corrected chi connectivity index (χ0v) is 21.2. The fourth-order valence-corrected chi connectivity index (χ4v) is 4.21. The summed E-state index contributed by atoms with van der Waals surface area (Å²) in [6.45, 7) is 7.57. The summed E-state index contributed by atoms with van der Waals surface area (Å²) in [6.07, 6.45) is 4.30. The van der Waals surface area contributed by atoms with Crippen molar-refractivity contribution in [2.24, 2.45) is 4.99 Å². The van der Waals surface area contributed by atoms with E-state index in [1.165, 1.54) is 5.69 Å². The van der Waals surface area contributed by atoms with Crippen LogP contribution in [-0.4, -0.2) is 39.6 Å². The molecule has 0 aromatic heterocycles. The van der Waals surface area contributed by atoms with E-state index in [4.69, 9.17) is 37.4 Å². The number of rotatable bonds is 9. The van der Waals surface area contributed by atoms with Crippen LogP contribution in [0.5, 0.6) is 11.5 Å². The Balaban J connectivity index is 1.51. The van der Waals surface area contributed by atoms with Crippen molar-refractivity contribution in [3.63, 3.8) is 0 Å². The molecule has 0 atom stereocenters. The maximum atomic E-state index is 6.15. The number of halogens is 2. The van der Waals surface area contributed by atoms with Gasteiger partial charge in [0.2, 0.25) is 0 Å². The quantitative estimate of drug-likeness (QED) is 0.232. The third-order valence-corrected chi connectivity index (χ3v) is 6.43. The molecule has 182 valence electrons. The van der Waals surface area contributed by atoms with Gasteiger partial charge in [-0.25, -0.2) is 0 Å². The predicted molar refractivity (Wildman–Crippen MR) is 144 cm³/mol. The van der Waals surface area contributed by atoms with E-state index in [2.05, 4.69) is 28.6 Å². The van der Waals surface area contributed by atoms with Gasteiger partial charge in [0.05, 0.1) is 36.1 Å². The minimum Gasteiger partial charge on any atom is -0.493 e. The zero-order chi connectivity index (χ0) is 24.6. The summed E-state index contributed by atoms with van der Waals surface area (Å²) in [5, 5.41) is 1.01. The Morgan fingerprint density at radius 1 is 1.03 bits per heavy atom. The maximum Gasteiger partial charge on any atom is 0.165 e. The monoisotopic (exact) mass is 510 g/mol. The Kier molecular flexibility index (Phi) is 8.69. The first-order valence-corrected chi connectivity index (χ1v) is 12.2. The molecule has 1 aliphatic heterocycles. The standard InChI is InChI=1S/C28H28Cl2N2O3/c1-3-4-22-15-21(18-31-23-6-8-24(9-7-23)32-11-13-34-14-12-32)17-27(33-2)28(22)35-19-20-5-10-25(29)26(30)16-20/h3,5-10,15-18H,1,4,11-14,19H2,2H3. The second kappa shape index (κ2) is 12.1. The molecule has 4 rings (SSSR count). The predicted octanol–water partition coefficient (Wildman–Crippen LogP) is 6.90. The van der Waals surface area contributed by atoms with Crippen LogP contribution in [0.1, 0.15) is 16.7 Å². The minimum atomic E-state index is 0.334. The second-order valence-electron chi connectivity index (χ2n) is 8.12. The number of benzene rings is 3. The highest BCUT2D eigenvalue weighted by Crippen LogP contribution is 2.34. The first-order valence-electron chi connectivity index (χ1n) is 11.4. The molecule has 0 saturated carbocycles. The van der Waals surface area contributed by atoms with Crippen LogP contribution in [0.3, 0.4) is 0 Å². The number of anilines is 1. The summed E-state index contributed by atoms with van der Waals surface area (Å²) in [5.74, 6) is 1.30. The molecule has 35 heavy (non-hydrogen) atoms. The SMILES string of the molecule is C=CCc1cc(C=Nc2ccc(N3CCOCC3)cc2)cc(OC)c1OCc1ccc(Cl)c(Cl)c1. The molecule has 1 saturated heterocycles. The van der Waals surface area contributed by atoms with Crippen molar-refractivity contribution in [2.45, 2.75) is 13.0 Å². The first-order chi connectivity index (χ1) is 17.1. The van der Waals surface area contributed by atoms with Gasteiger partial charge in [-0.2, -0.15) is 0 Å². The summed E-state index contributed by atoms with van der Waals surface area (Å²) < 4.78 is 17.2. The van der Waals surface area contributed by atoms with Gasteiger partial charge in [-0.15, -0.1) is 6.58 Å². The second-order valence-corrected chi connectivity index (χ2v) is 8.93. The summed E-state index contributed by atoms with van der Waals surface area (Å²) >= 11 is 12.2. The largest absolute Gasteiger partial charge is 0.493 e. The normalized spacial score (nSPS) is 13.7. The van der Waals surface area contributed by atoms with Crippen molar-refractivity contribution in [3.05, 3.63) is 94.0 Å². The molecule has 0 unspecified atom stereocenters. The average molecular weight is 511 g/mol. The molecular formula is C28H28Cl2N2O3. The van der Waals surface area contributed by atoms with Gasteiger partial charge in [-0.05, 0) is 66.1 Å². The van der Waals surface area contributed by atoms with Crippen molar-refractivity contribution < 1.29 is 14.2 Å². The number of ether oxygens (including phenoxy) is 3. The van der Waals surface area contributed by atoms with E-state index in [1.54, 1.807) is 19.2 Å². The number of nitrogens with zero attached hydrogens (tertiary/aromatic N) is 2. The van der Waals surface area contributed by atoms with Gasteiger partial charge in [0.1, 0.15) is 6.61 Å². The molecular weight excluding hydrogens is 483 g/mol. The van der Waals surface area contributed by atoms with Gasteiger partial charge in [0.15, 0.2) is 11.5 Å². The summed E-state index contributed by atoms with van der Waals surface area (Å²) in [6, 6.07) is 17.7. The van der Waals surface area contributed by atoms with E-state index >= 15 is 0 Å². The number of morpholine rings is 1. The van der Waals surface area contributed by atoms with Crippen LogP contribution in [0, 0.1) is 0 Å². The van der Waals surface area contributed by atoms with E-state index < -0.39 is 0 Å². The number of allylic oxidation sites excluding steroid dienone is 1. The highest BCUT2D eigenvalue weighted by Gasteiger charge is 2.14. The molecule has 0 aliphatic carbocycles. The van der Waals surface area contributed by atoms with Crippen molar-refractivity contribution in [1.29, 1.82) is 0 Å². The first kappa shape index (κ1) is 25.1.